The zero-order valence-corrected chi connectivity index (χ0v) is 13.0. The third kappa shape index (κ3) is 3.77. The molecule has 0 atom stereocenters. The average Bonchev–Trinajstić information content (AvgIpc) is 2.68. The van der Waals surface area contributed by atoms with Gasteiger partial charge in [0.05, 0.1) is 13.1 Å². The number of rotatable bonds is 2. The first-order chi connectivity index (χ1) is 11.0. The minimum Gasteiger partial charge on any atom is -0.491 e. The van der Waals surface area contributed by atoms with E-state index in [1.54, 1.807) is 11.4 Å². The van der Waals surface area contributed by atoms with Gasteiger partial charge in [0.25, 0.3) is 0 Å². The highest BCUT2D eigenvalue weighted by Crippen LogP contribution is 2.27. The van der Waals surface area contributed by atoms with Crippen LogP contribution in [0.25, 0.3) is 0 Å². The van der Waals surface area contributed by atoms with E-state index in [-0.39, 0.29) is 31.0 Å². The van der Waals surface area contributed by atoms with Crippen molar-refractivity contribution in [2.75, 3.05) is 13.2 Å². The lowest BCUT2D eigenvalue weighted by atomic mass is 10.0. The van der Waals surface area contributed by atoms with Gasteiger partial charge in [-0.25, -0.2) is 4.39 Å². The second kappa shape index (κ2) is 6.29. The second-order valence-corrected chi connectivity index (χ2v) is 5.87. The normalized spacial score (nSPS) is 15.2. The van der Waals surface area contributed by atoms with Crippen LogP contribution >= 0.6 is 0 Å². The van der Waals surface area contributed by atoms with Crippen LogP contribution in [0.2, 0.25) is 0 Å². The third-order valence-corrected chi connectivity index (χ3v) is 3.55. The maximum atomic E-state index is 13.9. The van der Waals surface area contributed by atoms with E-state index < -0.39 is 29.3 Å². The number of nitrogens with zero attached hydrogens (tertiary/aromatic N) is 1. The van der Waals surface area contributed by atoms with Crippen LogP contribution in [0.3, 0.4) is 0 Å². The van der Waals surface area contributed by atoms with Crippen molar-refractivity contribution in [2.24, 2.45) is 0 Å². The van der Waals surface area contributed by atoms with Gasteiger partial charge in [-0.15, -0.1) is 0 Å². The summed E-state index contributed by atoms with van der Waals surface area (Å²) in [5.74, 6) is -3.27. The number of hydrogen-bond donors (Lipinski definition) is 1. The van der Waals surface area contributed by atoms with Gasteiger partial charge >= 0.3 is 12.1 Å². The van der Waals surface area contributed by atoms with Gasteiger partial charge in [0.15, 0.2) is 0 Å². The first-order valence-corrected chi connectivity index (χ1v) is 7.11. The molecule has 9 heteroatoms. The third-order valence-electron chi connectivity index (χ3n) is 3.55. The first kappa shape index (κ1) is 18.0. The zero-order valence-electron chi connectivity index (χ0n) is 13.0. The van der Waals surface area contributed by atoms with Crippen LogP contribution < -0.4 is 10.1 Å². The number of hydrogen-bond acceptors (Lipinski definition) is 3. The van der Waals surface area contributed by atoms with E-state index in [4.69, 9.17) is 4.74 Å². The highest BCUT2D eigenvalue weighted by Gasteiger charge is 2.44. The summed E-state index contributed by atoms with van der Waals surface area (Å²) < 4.78 is 56.5. The molecular weight excluding hydrogens is 332 g/mol. The predicted octanol–water partition coefficient (Wildman–Crippen LogP) is 2.00. The lowest BCUT2D eigenvalue weighted by Crippen LogP contribution is -2.58. The summed E-state index contributed by atoms with van der Waals surface area (Å²) in [5.41, 5.74) is -1.66. The van der Waals surface area contributed by atoms with Crippen LogP contribution in [0, 0.1) is 5.82 Å². The molecular formula is C15H16F4N2O3. The van der Waals surface area contributed by atoms with Crippen molar-refractivity contribution in [1.29, 1.82) is 0 Å². The van der Waals surface area contributed by atoms with Crippen molar-refractivity contribution >= 4 is 11.8 Å². The number of carbonyl (C=O) groups excluding carboxylic acids is 2. The van der Waals surface area contributed by atoms with Gasteiger partial charge in [0.2, 0.25) is 5.91 Å². The van der Waals surface area contributed by atoms with E-state index in [1.807, 2.05) is 0 Å². The molecule has 24 heavy (non-hydrogen) atoms. The molecule has 2 amide bonds. The Morgan fingerprint density at radius 3 is 2.54 bits per heavy atom. The molecule has 1 aromatic rings. The van der Waals surface area contributed by atoms with Gasteiger partial charge in [-0.3, -0.25) is 9.59 Å². The number of nitrogens with one attached hydrogen (secondary N) is 1. The minimum atomic E-state index is -5.10. The Bertz CT molecular complexity index is 659. The van der Waals surface area contributed by atoms with Crippen molar-refractivity contribution in [3.05, 3.63) is 29.6 Å². The maximum absolute atomic E-state index is 13.9. The van der Waals surface area contributed by atoms with Gasteiger partial charge < -0.3 is 15.0 Å². The van der Waals surface area contributed by atoms with E-state index >= 15 is 0 Å². The highest BCUT2D eigenvalue weighted by molar-refractivity contribution is 5.92. The number of amides is 2. The Balaban J connectivity index is 2.20. The molecule has 0 radical (unpaired) electrons. The van der Waals surface area contributed by atoms with Crippen molar-refractivity contribution < 1.29 is 31.9 Å². The summed E-state index contributed by atoms with van der Waals surface area (Å²) in [6, 6.07) is 4.20. The number of halogens is 4. The number of ether oxygens (including phenoxy) is 1. The molecule has 1 N–H and O–H groups in total. The summed E-state index contributed by atoms with van der Waals surface area (Å²) in [4.78, 5) is 24.8. The molecule has 0 bridgehead atoms. The molecule has 0 unspecified atom stereocenters. The van der Waals surface area contributed by atoms with Gasteiger partial charge in [-0.1, -0.05) is 6.07 Å². The lowest BCUT2D eigenvalue weighted by Gasteiger charge is -2.31. The number of benzene rings is 1. The van der Waals surface area contributed by atoms with Crippen LogP contribution in [-0.2, 0) is 16.1 Å². The smallest absolute Gasteiger partial charge is 0.471 e. The Morgan fingerprint density at radius 2 is 1.92 bits per heavy atom. The predicted molar refractivity (Wildman–Crippen MR) is 75.6 cm³/mol. The molecule has 5 nitrogen and oxygen atoms in total. The largest absolute Gasteiger partial charge is 0.491 e. The van der Waals surface area contributed by atoms with Crippen LogP contribution in [0.1, 0.15) is 19.4 Å². The monoisotopic (exact) mass is 348 g/mol. The lowest BCUT2D eigenvalue weighted by molar-refractivity contribution is -0.176. The van der Waals surface area contributed by atoms with Gasteiger partial charge in [-0.05, 0) is 26.0 Å². The Kier molecular flexibility index (Phi) is 4.73. The summed E-state index contributed by atoms with van der Waals surface area (Å²) in [7, 11) is 0. The molecule has 1 heterocycles. The Morgan fingerprint density at radius 1 is 1.25 bits per heavy atom. The molecule has 0 fully saturated rings. The maximum Gasteiger partial charge on any atom is 0.471 e. The molecule has 132 valence electrons. The van der Waals surface area contributed by atoms with Crippen molar-refractivity contribution in [3.63, 3.8) is 0 Å². The fraction of sp³-hybridized carbons (Fsp3) is 0.467. The van der Waals surface area contributed by atoms with E-state index in [0.29, 0.717) is 0 Å². The molecule has 2 rings (SSSR count). The Labute approximate surface area is 135 Å². The molecule has 0 aromatic heterocycles. The van der Waals surface area contributed by atoms with Gasteiger partial charge in [0.1, 0.15) is 23.7 Å². The van der Waals surface area contributed by atoms with Crippen LogP contribution in [-0.4, -0.2) is 41.6 Å². The zero-order chi connectivity index (χ0) is 18.1. The standard InChI is InChI=1S/C15H16F4N2O3/c1-14(2,20-12(22)15(17,18)19)13(23)21-6-7-24-11-5-3-4-10(16)9(11)8-21/h3-5H,6-8H2,1-2H3,(H,20,22). The van der Waals surface area contributed by atoms with E-state index in [0.717, 1.165) is 18.7 Å². The minimum absolute atomic E-state index is 0.0538. The van der Waals surface area contributed by atoms with Crippen molar-refractivity contribution in [2.45, 2.75) is 32.1 Å². The second-order valence-electron chi connectivity index (χ2n) is 5.87. The molecule has 1 aromatic carbocycles. The number of carbonyl (C=O) groups is 2. The summed E-state index contributed by atoms with van der Waals surface area (Å²) in [5, 5.41) is 1.66. The van der Waals surface area contributed by atoms with E-state index in [9.17, 15) is 27.2 Å². The van der Waals surface area contributed by atoms with Crippen LogP contribution in [0.5, 0.6) is 5.75 Å². The molecule has 0 saturated heterocycles. The molecule has 0 saturated carbocycles. The fourth-order valence-electron chi connectivity index (χ4n) is 2.34. The van der Waals surface area contributed by atoms with Crippen molar-refractivity contribution in [1.82, 2.24) is 10.2 Å². The van der Waals surface area contributed by atoms with Crippen LogP contribution in [0.15, 0.2) is 18.2 Å². The number of alkyl halides is 3. The van der Waals surface area contributed by atoms with Gasteiger partial charge in [-0.2, -0.15) is 13.2 Å². The molecule has 0 aliphatic carbocycles. The number of fused-ring (bicyclic) bond motifs is 1. The highest BCUT2D eigenvalue weighted by atomic mass is 19.4. The Hall–Kier alpha value is -2.32. The molecule has 0 spiro atoms. The first-order valence-electron chi connectivity index (χ1n) is 7.11. The van der Waals surface area contributed by atoms with E-state index in [2.05, 4.69) is 0 Å². The molecule has 1 aliphatic heterocycles. The SMILES string of the molecule is CC(C)(NC(=O)C(F)(F)F)C(=O)N1CCOc2cccc(F)c2C1. The summed E-state index contributed by atoms with van der Waals surface area (Å²) in [6.07, 6.45) is -5.10. The average molecular weight is 348 g/mol. The fourth-order valence-corrected chi connectivity index (χ4v) is 2.34. The summed E-state index contributed by atoms with van der Waals surface area (Å²) in [6.45, 7) is 2.27. The summed E-state index contributed by atoms with van der Waals surface area (Å²) >= 11 is 0. The van der Waals surface area contributed by atoms with Crippen LogP contribution in [0.4, 0.5) is 17.6 Å². The molecule has 1 aliphatic rings. The quantitative estimate of drug-likeness (QED) is 0.832. The van der Waals surface area contributed by atoms with Crippen molar-refractivity contribution in [3.8, 4) is 5.75 Å². The topological polar surface area (TPSA) is 58.6 Å². The van der Waals surface area contributed by atoms with E-state index in [1.165, 1.54) is 12.1 Å². The van der Waals surface area contributed by atoms with Gasteiger partial charge in [0, 0.05) is 5.56 Å².